The van der Waals surface area contributed by atoms with E-state index in [9.17, 15) is 9.59 Å². The van der Waals surface area contributed by atoms with Crippen LogP contribution in [0, 0.1) is 6.92 Å². The monoisotopic (exact) mass is 369 g/mol. The van der Waals surface area contributed by atoms with E-state index in [1.165, 1.54) is 0 Å². The molecular weight excluding hydrogens is 346 g/mol. The second-order valence-electron chi connectivity index (χ2n) is 7.38. The molecule has 0 aliphatic carbocycles. The number of rotatable bonds is 2. The summed E-state index contributed by atoms with van der Waals surface area (Å²) < 4.78 is 0. The number of amides is 2. The first-order valence-corrected chi connectivity index (χ1v) is 9.83. The fourth-order valence-electron chi connectivity index (χ4n) is 3.95. The Kier molecular flexibility index (Phi) is 4.32. The normalized spacial score (nSPS) is 23.8. The van der Waals surface area contributed by atoms with Gasteiger partial charge in [0.25, 0.3) is 5.91 Å². The molecule has 2 aliphatic rings. The van der Waals surface area contributed by atoms with E-state index in [1.54, 1.807) is 11.3 Å². The van der Waals surface area contributed by atoms with Gasteiger partial charge in [-0.15, -0.1) is 0 Å². The second-order valence-corrected chi connectivity index (χ2v) is 8.16. The topological polar surface area (TPSA) is 43.9 Å². The molecule has 1 spiro atoms. The molecule has 2 fully saturated rings. The number of carbonyl (C=O) groups excluding carboxylic acids is 2. The second kappa shape index (κ2) is 6.52. The lowest BCUT2D eigenvalue weighted by atomic mass is 9.93. The van der Waals surface area contributed by atoms with Crippen LogP contribution in [0.15, 0.2) is 41.1 Å². The first-order chi connectivity index (χ1) is 12.5. The largest absolute Gasteiger partial charge is 0.337 e. The molecule has 1 aromatic heterocycles. The fourth-order valence-corrected chi connectivity index (χ4v) is 4.60. The third-order valence-corrected chi connectivity index (χ3v) is 6.34. The van der Waals surface area contributed by atoms with Gasteiger partial charge < -0.3 is 9.80 Å². The minimum Gasteiger partial charge on any atom is -0.337 e. The number of likely N-dealkylation sites (tertiary alicyclic amines) is 1. The van der Waals surface area contributed by atoms with Crippen molar-refractivity contribution < 1.29 is 9.59 Å². The molecule has 1 unspecified atom stereocenters. The van der Waals surface area contributed by atoms with Gasteiger partial charge in [0.1, 0.15) is 0 Å². The van der Waals surface area contributed by atoms with E-state index in [2.05, 4.69) is 4.90 Å². The molecule has 2 amide bonds. The van der Waals surface area contributed by atoms with Crippen molar-refractivity contribution in [1.82, 2.24) is 9.80 Å². The Bertz CT molecular complexity index is 818. The highest BCUT2D eigenvalue weighted by atomic mass is 32.1. The van der Waals surface area contributed by atoms with Crippen LogP contribution in [0.25, 0.3) is 0 Å². The van der Waals surface area contributed by atoms with E-state index in [0.29, 0.717) is 19.6 Å². The molecule has 0 radical (unpaired) electrons. The zero-order valence-electron chi connectivity index (χ0n) is 15.1. The Hall–Kier alpha value is -2.18. The summed E-state index contributed by atoms with van der Waals surface area (Å²) in [4.78, 5) is 31.4. The summed E-state index contributed by atoms with van der Waals surface area (Å²) in [6, 6.07) is 9.74. The quantitative estimate of drug-likeness (QED) is 0.817. The molecule has 0 N–H and O–H groups in total. The summed E-state index contributed by atoms with van der Waals surface area (Å²) >= 11 is 1.60. The smallest absolute Gasteiger partial charge is 0.253 e. The molecule has 3 heterocycles. The van der Waals surface area contributed by atoms with Crippen LogP contribution >= 0.6 is 11.3 Å². The van der Waals surface area contributed by atoms with Crippen LogP contribution in [-0.4, -0.2) is 60.4 Å². The zero-order valence-corrected chi connectivity index (χ0v) is 16.0. The molecule has 136 valence electrons. The summed E-state index contributed by atoms with van der Waals surface area (Å²) in [5.41, 5.74) is 2.68. The van der Waals surface area contributed by atoms with Crippen molar-refractivity contribution >= 4 is 28.8 Å². The number of piperazine rings is 1. The lowest BCUT2D eigenvalue weighted by Crippen LogP contribution is -2.64. The third kappa shape index (κ3) is 2.93. The van der Waals surface area contributed by atoms with Crippen molar-refractivity contribution in [1.29, 1.82) is 0 Å². The number of hydrogen-bond acceptors (Lipinski definition) is 4. The van der Waals surface area contributed by atoms with Crippen LogP contribution in [0.2, 0.25) is 0 Å². The maximum atomic E-state index is 12.9. The van der Waals surface area contributed by atoms with E-state index in [1.807, 2.05) is 64.9 Å². The highest BCUT2D eigenvalue weighted by Crippen LogP contribution is 2.34. The molecule has 1 atom stereocenters. The van der Waals surface area contributed by atoms with E-state index < -0.39 is 0 Å². The number of likely N-dealkylation sites (N-methyl/N-ethyl adjacent to an activating group) is 1. The molecule has 1 aromatic carbocycles. The van der Waals surface area contributed by atoms with E-state index in [-0.39, 0.29) is 17.4 Å². The number of benzene rings is 1. The Morgan fingerprint density at radius 1 is 1.15 bits per heavy atom. The van der Waals surface area contributed by atoms with Gasteiger partial charge in [-0.2, -0.15) is 11.3 Å². The maximum absolute atomic E-state index is 12.9. The van der Waals surface area contributed by atoms with Crippen molar-refractivity contribution in [3.05, 3.63) is 52.2 Å². The standard InChI is InChI=1S/C20H23N3O2S/c1-15-3-5-16(6-4-15)19(25)22-9-8-20(13-22)14-23(17-7-10-26-12-17)18(24)11-21(20)2/h3-7,10,12H,8-9,11,13-14H2,1-2H3. The van der Waals surface area contributed by atoms with Gasteiger partial charge in [0.05, 0.1) is 17.8 Å². The van der Waals surface area contributed by atoms with E-state index in [0.717, 1.165) is 29.8 Å². The number of anilines is 1. The van der Waals surface area contributed by atoms with Crippen molar-refractivity contribution in [3.63, 3.8) is 0 Å². The molecule has 2 saturated heterocycles. The van der Waals surface area contributed by atoms with Crippen molar-refractivity contribution in [2.45, 2.75) is 18.9 Å². The molecule has 26 heavy (non-hydrogen) atoms. The molecular formula is C20H23N3O2S. The van der Waals surface area contributed by atoms with E-state index in [4.69, 9.17) is 0 Å². The number of aryl methyl sites for hydroxylation is 1. The Labute approximate surface area is 157 Å². The molecule has 0 saturated carbocycles. The Balaban J connectivity index is 1.54. The Morgan fingerprint density at radius 3 is 2.62 bits per heavy atom. The molecule has 5 nitrogen and oxygen atoms in total. The van der Waals surface area contributed by atoms with E-state index >= 15 is 0 Å². The average molecular weight is 369 g/mol. The molecule has 0 bridgehead atoms. The maximum Gasteiger partial charge on any atom is 0.253 e. The van der Waals surface area contributed by atoms with Crippen LogP contribution < -0.4 is 4.90 Å². The van der Waals surface area contributed by atoms with Crippen molar-refractivity contribution in [2.75, 3.05) is 38.1 Å². The summed E-state index contributed by atoms with van der Waals surface area (Å²) in [6.45, 7) is 4.43. The van der Waals surface area contributed by atoms with Crippen LogP contribution in [0.5, 0.6) is 0 Å². The third-order valence-electron chi connectivity index (χ3n) is 5.67. The van der Waals surface area contributed by atoms with Crippen molar-refractivity contribution in [3.8, 4) is 0 Å². The van der Waals surface area contributed by atoms with Gasteiger partial charge in [-0.25, -0.2) is 0 Å². The number of hydrogen-bond donors (Lipinski definition) is 0. The number of thiophene rings is 1. The predicted molar refractivity (Wildman–Crippen MR) is 104 cm³/mol. The van der Waals surface area contributed by atoms with Gasteiger partial charge in [-0.3, -0.25) is 14.5 Å². The lowest BCUT2D eigenvalue weighted by molar-refractivity contribution is -0.123. The van der Waals surface area contributed by atoms with Crippen molar-refractivity contribution in [2.24, 2.45) is 0 Å². The minimum absolute atomic E-state index is 0.0780. The molecule has 4 rings (SSSR count). The average Bonchev–Trinajstić information content (AvgIpc) is 3.29. The van der Waals surface area contributed by atoms with Gasteiger partial charge in [0, 0.05) is 30.6 Å². The molecule has 2 aliphatic heterocycles. The summed E-state index contributed by atoms with van der Waals surface area (Å²) in [5, 5.41) is 4.01. The van der Waals surface area contributed by atoms with Gasteiger partial charge in [-0.1, -0.05) is 17.7 Å². The zero-order chi connectivity index (χ0) is 18.3. The Morgan fingerprint density at radius 2 is 1.92 bits per heavy atom. The SMILES string of the molecule is Cc1ccc(C(=O)N2CCC3(C2)CN(c2ccsc2)C(=O)CN3C)cc1. The first kappa shape index (κ1) is 17.2. The van der Waals surface area contributed by atoms with Gasteiger partial charge in [-0.05, 0) is 44.0 Å². The van der Waals surface area contributed by atoms with Crippen LogP contribution in [0.1, 0.15) is 22.3 Å². The highest BCUT2D eigenvalue weighted by molar-refractivity contribution is 7.08. The van der Waals surface area contributed by atoms with Crippen LogP contribution in [-0.2, 0) is 4.79 Å². The first-order valence-electron chi connectivity index (χ1n) is 8.88. The highest BCUT2D eigenvalue weighted by Gasteiger charge is 2.48. The summed E-state index contributed by atoms with van der Waals surface area (Å²) in [5.74, 6) is 0.203. The number of nitrogens with zero attached hydrogens (tertiary/aromatic N) is 3. The van der Waals surface area contributed by atoms with Gasteiger partial charge >= 0.3 is 0 Å². The minimum atomic E-state index is -0.170. The molecule has 6 heteroatoms. The van der Waals surface area contributed by atoms with Gasteiger partial charge in [0.15, 0.2) is 0 Å². The van der Waals surface area contributed by atoms with Gasteiger partial charge in [0.2, 0.25) is 5.91 Å². The number of carbonyl (C=O) groups is 2. The van der Waals surface area contributed by atoms with Crippen LogP contribution in [0.4, 0.5) is 5.69 Å². The lowest BCUT2D eigenvalue weighted by Gasteiger charge is -2.46. The summed E-state index contributed by atoms with van der Waals surface area (Å²) in [7, 11) is 2.00. The summed E-state index contributed by atoms with van der Waals surface area (Å²) in [6.07, 6.45) is 0.884. The van der Waals surface area contributed by atoms with Crippen LogP contribution in [0.3, 0.4) is 0 Å². The fraction of sp³-hybridized carbons (Fsp3) is 0.400. The predicted octanol–water partition coefficient (Wildman–Crippen LogP) is 2.62. The molecule has 2 aromatic rings.